The van der Waals surface area contributed by atoms with Crippen molar-refractivity contribution in [2.24, 2.45) is 0 Å². The van der Waals surface area contributed by atoms with Crippen molar-refractivity contribution in [3.8, 4) is 5.88 Å². The minimum absolute atomic E-state index is 0.0546. The van der Waals surface area contributed by atoms with Gasteiger partial charge in [-0.2, -0.15) is 0 Å². The molecule has 1 unspecified atom stereocenters. The zero-order chi connectivity index (χ0) is 14.8. The van der Waals surface area contributed by atoms with Crippen molar-refractivity contribution in [1.82, 2.24) is 4.98 Å². The number of hydrogen-bond donors (Lipinski definition) is 0. The summed E-state index contributed by atoms with van der Waals surface area (Å²) in [4.78, 5) is 15.9. The highest BCUT2D eigenvalue weighted by Gasteiger charge is 2.17. The van der Waals surface area contributed by atoms with Gasteiger partial charge in [0, 0.05) is 25.5 Å². The average Bonchev–Trinajstić information content (AvgIpc) is 2.47. The summed E-state index contributed by atoms with van der Waals surface area (Å²) in [6, 6.07) is 3.73. The fraction of sp³-hybridized carbons (Fsp3) is 0.600. The summed E-state index contributed by atoms with van der Waals surface area (Å²) < 4.78 is 15.4. The topological polar surface area (TPSA) is 57.7 Å². The Morgan fingerprint density at radius 3 is 2.65 bits per heavy atom. The summed E-state index contributed by atoms with van der Waals surface area (Å²) in [6.45, 7) is 5.45. The van der Waals surface area contributed by atoms with Crippen LogP contribution in [-0.4, -0.2) is 37.9 Å². The van der Waals surface area contributed by atoms with Crippen LogP contribution in [0.25, 0.3) is 0 Å². The maximum Gasteiger partial charge on any atom is 0.306 e. The summed E-state index contributed by atoms with van der Waals surface area (Å²) in [5.74, 6) is 0.428. The Kier molecular flexibility index (Phi) is 7.65. The highest BCUT2D eigenvalue weighted by molar-refractivity contribution is 5.70. The normalized spacial score (nSPS) is 11.9. The molecule has 1 rings (SSSR count). The van der Waals surface area contributed by atoms with Gasteiger partial charge < -0.3 is 14.2 Å². The van der Waals surface area contributed by atoms with Gasteiger partial charge in [0.1, 0.15) is 0 Å². The molecule has 0 aliphatic rings. The highest BCUT2D eigenvalue weighted by atomic mass is 16.5. The molecule has 0 saturated heterocycles. The van der Waals surface area contributed by atoms with Crippen LogP contribution in [0.15, 0.2) is 18.3 Å². The van der Waals surface area contributed by atoms with Crippen LogP contribution in [0.2, 0.25) is 0 Å². The summed E-state index contributed by atoms with van der Waals surface area (Å²) in [5, 5.41) is 0. The van der Waals surface area contributed by atoms with Crippen molar-refractivity contribution in [1.29, 1.82) is 0 Å². The van der Waals surface area contributed by atoms with Crippen molar-refractivity contribution >= 4 is 5.97 Å². The second kappa shape index (κ2) is 9.31. The lowest BCUT2D eigenvalue weighted by Crippen LogP contribution is -2.13. The van der Waals surface area contributed by atoms with E-state index in [0.29, 0.717) is 32.1 Å². The van der Waals surface area contributed by atoms with E-state index in [1.807, 2.05) is 19.9 Å². The third kappa shape index (κ3) is 5.57. The second-order valence-electron chi connectivity index (χ2n) is 4.33. The van der Waals surface area contributed by atoms with E-state index in [9.17, 15) is 4.79 Å². The fourth-order valence-corrected chi connectivity index (χ4v) is 1.93. The Balaban J connectivity index is 2.70. The van der Waals surface area contributed by atoms with E-state index < -0.39 is 0 Å². The van der Waals surface area contributed by atoms with E-state index in [1.165, 1.54) is 0 Å². The predicted molar refractivity (Wildman–Crippen MR) is 75.9 cm³/mol. The van der Waals surface area contributed by atoms with E-state index in [2.05, 4.69) is 4.98 Å². The molecule has 0 bridgehead atoms. The van der Waals surface area contributed by atoms with E-state index in [4.69, 9.17) is 14.2 Å². The Hall–Kier alpha value is -1.62. The van der Waals surface area contributed by atoms with Crippen molar-refractivity contribution in [3.63, 3.8) is 0 Å². The molecule has 1 atom stereocenters. The third-order valence-electron chi connectivity index (χ3n) is 2.97. The second-order valence-corrected chi connectivity index (χ2v) is 4.33. The van der Waals surface area contributed by atoms with Crippen molar-refractivity contribution in [2.45, 2.75) is 32.6 Å². The number of esters is 1. The minimum Gasteiger partial charge on any atom is -0.481 e. The molecule has 0 aliphatic heterocycles. The standard InChI is InChI=1S/C15H23NO4/c1-4-19-9-8-12(10-15(17)20-5-2)13-6-7-14(18-3)16-11-13/h6-7,11-12H,4-5,8-10H2,1-3H3. The van der Waals surface area contributed by atoms with Gasteiger partial charge in [-0.05, 0) is 31.7 Å². The van der Waals surface area contributed by atoms with Gasteiger partial charge in [0.25, 0.3) is 0 Å². The smallest absolute Gasteiger partial charge is 0.306 e. The first-order valence-corrected chi connectivity index (χ1v) is 6.94. The van der Waals surface area contributed by atoms with Gasteiger partial charge in [-0.15, -0.1) is 0 Å². The van der Waals surface area contributed by atoms with Gasteiger partial charge in [0.15, 0.2) is 0 Å². The maximum atomic E-state index is 11.7. The molecule has 0 amide bonds. The molecule has 0 saturated carbocycles. The quantitative estimate of drug-likeness (QED) is 0.514. The number of rotatable bonds is 9. The van der Waals surface area contributed by atoms with Crippen LogP contribution in [0.4, 0.5) is 0 Å². The van der Waals surface area contributed by atoms with Gasteiger partial charge in [-0.1, -0.05) is 6.07 Å². The third-order valence-corrected chi connectivity index (χ3v) is 2.97. The lowest BCUT2D eigenvalue weighted by Gasteiger charge is -2.16. The zero-order valence-electron chi connectivity index (χ0n) is 12.4. The number of hydrogen-bond acceptors (Lipinski definition) is 5. The van der Waals surface area contributed by atoms with Crippen LogP contribution in [0.1, 0.15) is 38.2 Å². The summed E-state index contributed by atoms with van der Waals surface area (Å²) in [6.07, 6.45) is 2.85. The first-order valence-electron chi connectivity index (χ1n) is 6.94. The van der Waals surface area contributed by atoms with Gasteiger partial charge in [0.05, 0.1) is 20.1 Å². The molecular formula is C15H23NO4. The zero-order valence-corrected chi connectivity index (χ0v) is 12.4. The molecule has 20 heavy (non-hydrogen) atoms. The average molecular weight is 281 g/mol. The van der Waals surface area contributed by atoms with Crippen LogP contribution in [0.5, 0.6) is 5.88 Å². The van der Waals surface area contributed by atoms with Gasteiger partial charge in [-0.3, -0.25) is 4.79 Å². The van der Waals surface area contributed by atoms with E-state index in [-0.39, 0.29) is 11.9 Å². The molecule has 5 heteroatoms. The molecule has 0 radical (unpaired) electrons. The number of methoxy groups -OCH3 is 1. The highest BCUT2D eigenvalue weighted by Crippen LogP contribution is 2.24. The lowest BCUT2D eigenvalue weighted by molar-refractivity contribution is -0.143. The minimum atomic E-state index is -0.190. The molecular weight excluding hydrogens is 258 g/mol. The molecule has 1 aromatic heterocycles. The van der Waals surface area contributed by atoms with E-state index in [1.54, 1.807) is 19.4 Å². The first-order chi connectivity index (χ1) is 9.71. The van der Waals surface area contributed by atoms with Crippen LogP contribution in [0.3, 0.4) is 0 Å². The molecule has 0 fully saturated rings. The summed E-state index contributed by atoms with van der Waals surface area (Å²) in [5.41, 5.74) is 0.999. The van der Waals surface area contributed by atoms with Crippen LogP contribution in [-0.2, 0) is 14.3 Å². The molecule has 0 spiro atoms. The van der Waals surface area contributed by atoms with E-state index >= 15 is 0 Å². The van der Waals surface area contributed by atoms with Crippen LogP contribution >= 0.6 is 0 Å². The largest absolute Gasteiger partial charge is 0.481 e. The number of nitrogens with zero attached hydrogens (tertiary/aromatic N) is 1. The fourth-order valence-electron chi connectivity index (χ4n) is 1.93. The Morgan fingerprint density at radius 2 is 2.10 bits per heavy atom. The molecule has 0 N–H and O–H groups in total. The molecule has 1 aromatic rings. The molecule has 0 aliphatic carbocycles. The number of carbonyl (C=O) groups is 1. The number of pyridine rings is 1. The predicted octanol–water partition coefficient (Wildman–Crippen LogP) is 2.55. The Labute approximate surface area is 120 Å². The monoisotopic (exact) mass is 281 g/mol. The Morgan fingerprint density at radius 1 is 1.30 bits per heavy atom. The molecule has 0 aromatic carbocycles. The van der Waals surface area contributed by atoms with Crippen molar-refractivity contribution in [2.75, 3.05) is 26.9 Å². The molecule has 1 heterocycles. The summed E-state index contributed by atoms with van der Waals surface area (Å²) in [7, 11) is 1.58. The van der Waals surface area contributed by atoms with Gasteiger partial charge in [0.2, 0.25) is 5.88 Å². The van der Waals surface area contributed by atoms with Gasteiger partial charge >= 0.3 is 5.97 Å². The number of carbonyl (C=O) groups excluding carboxylic acids is 1. The molecule has 5 nitrogen and oxygen atoms in total. The number of aromatic nitrogens is 1. The van der Waals surface area contributed by atoms with E-state index in [0.717, 1.165) is 12.0 Å². The SMILES string of the molecule is CCOCCC(CC(=O)OCC)c1ccc(OC)nc1. The lowest BCUT2D eigenvalue weighted by atomic mass is 9.94. The Bertz CT molecular complexity index is 391. The first kappa shape index (κ1) is 16.4. The maximum absolute atomic E-state index is 11.7. The summed E-state index contributed by atoms with van der Waals surface area (Å²) >= 11 is 0. The van der Waals surface area contributed by atoms with Crippen LogP contribution in [0, 0.1) is 0 Å². The van der Waals surface area contributed by atoms with Gasteiger partial charge in [-0.25, -0.2) is 4.98 Å². The van der Waals surface area contributed by atoms with Crippen LogP contribution < -0.4 is 4.74 Å². The number of ether oxygens (including phenoxy) is 3. The van der Waals surface area contributed by atoms with Crippen molar-refractivity contribution < 1.29 is 19.0 Å². The van der Waals surface area contributed by atoms with Crippen molar-refractivity contribution in [3.05, 3.63) is 23.9 Å². The molecule has 112 valence electrons.